The highest BCUT2D eigenvalue weighted by molar-refractivity contribution is 5.55. The van der Waals surface area contributed by atoms with Crippen LogP contribution in [0.15, 0.2) is 46.6 Å². The second-order valence-corrected chi connectivity index (χ2v) is 7.35. The number of allylic oxidation sites excluding steroid dienone is 1. The predicted octanol–water partition coefficient (Wildman–Crippen LogP) is 3.25. The van der Waals surface area contributed by atoms with Crippen molar-refractivity contribution in [3.05, 3.63) is 74.8 Å². The van der Waals surface area contributed by atoms with Crippen molar-refractivity contribution in [3.8, 4) is 11.8 Å². The number of hydrogen-bond acceptors (Lipinski definition) is 5. The third kappa shape index (κ3) is 3.96. The average molecular weight is 410 g/mol. The normalized spacial score (nSPS) is 15.7. The summed E-state index contributed by atoms with van der Waals surface area (Å²) in [4.78, 5) is 15.8. The van der Waals surface area contributed by atoms with Gasteiger partial charge in [0.15, 0.2) is 0 Å². The first kappa shape index (κ1) is 21.6. The largest absolute Gasteiger partial charge is 0.440 e. The van der Waals surface area contributed by atoms with Gasteiger partial charge in [0.05, 0.1) is 11.5 Å². The summed E-state index contributed by atoms with van der Waals surface area (Å²) in [5, 5.41) is 9.68. The predicted molar refractivity (Wildman–Crippen MR) is 114 cm³/mol. The third-order valence-corrected chi connectivity index (χ3v) is 5.66. The van der Waals surface area contributed by atoms with Crippen LogP contribution in [0.3, 0.4) is 0 Å². The maximum atomic E-state index is 14.7. The van der Waals surface area contributed by atoms with Gasteiger partial charge in [0.1, 0.15) is 23.2 Å². The van der Waals surface area contributed by atoms with Gasteiger partial charge in [0.25, 0.3) is 5.56 Å². The Bertz CT molecular complexity index is 1060. The molecule has 1 aliphatic rings. The van der Waals surface area contributed by atoms with Crippen molar-refractivity contribution in [1.82, 2.24) is 9.47 Å². The summed E-state index contributed by atoms with van der Waals surface area (Å²) in [6.45, 7) is 9.35. The fraction of sp³-hybridized carbons (Fsp3) is 0.391. The summed E-state index contributed by atoms with van der Waals surface area (Å²) >= 11 is 0. The number of aryl methyl sites for hydroxylation is 1. The number of pyridine rings is 1. The van der Waals surface area contributed by atoms with Gasteiger partial charge in [-0.05, 0) is 39.0 Å². The molecule has 0 spiro atoms. The molecule has 1 aromatic carbocycles. The highest BCUT2D eigenvalue weighted by atomic mass is 19.1. The van der Waals surface area contributed by atoms with Crippen molar-refractivity contribution < 1.29 is 9.13 Å². The monoisotopic (exact) mass is 410 g/mol. The molecule has 1 aliphatic heterocycles. The van der Waals surface area contributed by atoms with Crippen LogP contribution in [-0.4, -0.2) is 29.1 Å². The fourth-order valence-electron chi connectivity index (χ4n) is 3.98. The zero-order valence-corrected chi connectivity index (χ0v) is 17.6. The molecular weight excluding hydrogens is 383 g/mol. The maximum Gasteiger partial charge on any atom is 0.258 e. The SMILES string of the molecule is CCN(CC)CCCn1c(C)cc2c(c1=O)[C@@H](c1ccccc1F)C(C#N)=C(N)O2. The molecule has 1 atom stereocenters. The zero-order valence-electron chi connectivity index (χ0n) is 17.6. The van der Waals surface area contributed by atoms with Gasteiger partial charge in [-0.2, -0.15) is 5.26 Å². The number of benzene rings is 1. The van der Waals surface area contributed by atoms with E-state index < -0.39 is 11.7 Å². The Morgan fingerprint density at radius 2 is 2.00 bits per heavy atom. The molecule has 0 fully saturated rings. The number of nitriles is 1. The molecule has 0 aliphatic carbocycles. The van der Waals surface area contributed by atoms with Gasteiger partial charge in [0, 0.05) is 23.9 Å². The molecule has 3 rings (SSSR count). The first-order chi connectivity index (χ1) is 14.4. The number of rotatable bonds is 7. The fourth-order valence-corrected chi connectivity index (χ4v) is 3.98. The second kappa shape index (κ2) is 9.14. The van der Waals surface area contributed by atoms with Crippen molar-refractivity contribution in [2.75, 3.05) is 19.6 Å². The van der Waals surface area contributed by atoms with Crippen LogP contribution in [0.2, 0.25) is 0 Å². The molecule has 0 saturated carbocycles. The lowest BCUT2D eigenvalue weighted by atomic mass is 9.83. The molecule has 0 bridgehead atoms. The van der Waals surface area contributed by atoms with Crippen molar-refractivity contribution >= 4 is 0 Å². The molecule has 158 valence electrons. The molecule has 30 heavy (non-hydrogen) atoms. The zero-order chi connectivity index (χ0) is 21.8. The molecule has 7 heteroatoms. The lowest BCUT2D eigenvalue weighted by Crippen LogP contribution is -2.34. The van der Waals surface area contributed by atoms with Crippen molar-refractivity contribution in [3.63, 3.8) is 0 Å². The van der Waals surface area contributed by atoms with E-state index in [0.29, 0.717) is 6.54 Å². The maximum absolute atomic E-state index is 14.7. The Kier molecular flexibility index (Phi) is 6.58. The van der Waals surface area contributed by atoms with Crippen LogP contribution in [-0.2, 0) is 6.54 Å². The van der Waals surface area contributed by atoms with E-state index >= 15 is 0 Å². The molecule has 1 aromatic heterocycles. The van der Waals surface area contributed by atoms with Gasteiger partial charge < -0.3 is 19.9 Å². The van der Waals surface area contributed by atoms with Crippen molar-refractivity contribution in [2.45, 2.75) is 39.7 Å². The highest BCUT2D eigenvalue weighted by Crippen LogP contribution is 2.41. The average Bonchev–Trinajstić information content (AvgIpc) is 2.73. The van der Waals surface area contributed by atoms with Gasteiger partial charge in [-0.1, -0.05) is 32.0 Å². The third-order valence-electron chi connectivity index (χ3n) is 5.66. The quantitative estimate of drug-likeness (QED) is 0.758. The number of aromatic nitrogens is 1. The molecule has 2 heterocycles. The van der Waals surface area contributed by atoms with Crippen LogP contribution in [0.25, 0.3) is 0 Å². The van der Waals surface area contributed by atoms with Crippen LogP contribution in [0, 0.1) is 24.1 Å². The molecule has 2 N–H and O–H groups in total. The van der Waals surface area contributed by atoms with Crippen LogP contribution >= 0.6 is 0 Å². The van der Waals surface area contributed by atoms with E-state index in [1.54, 1.807) is 28.8 Å². The summed E-state index contributed by atoms with van der Waals surface area (Å²) < 4.78 is 21.9. The van der Waals surface area contributed by atoms with Gasteiger partial charge in [0.2, 0.25) is 5.88 Å². The Morgan fingerprint density at radius 1 is 1.30 bits per heavy atom. The van der Waals surface area contributed by atoms with Crippen LogP contribution in [0.1, 0.15) is 43.0 Å². The van der Waals surface area contributed by atoms with E-state index in [4.69, 9.17) is 10.5 Å². The number of halogens is 1. The lowest BCUT2D eigenvalue weighted by Gasteiger charge is -2.27. The van der Waals surface area contributed by atoms with Gasteiger partial charge in [-0.25, -0.2) is 4.39 Å². The summed E-state index contributed by atoms with van der Waals surface area (Å²) in [6, 6.07) is 9.88. The van der Waals surface area contributed by atoms with E-state index in [0.717, 1.165) is 31.7 Å². The van der Waals surface area contributed by atoms with Gasteiger partial charge in [-0.15, -0.1) is 0 Å². The Balaban J connectivity index is 2.09. The lowest BCUT2D eigenvalue weighted by molar-refractivity contribution is 0.292. The first-order valence-corrected chi connectivity index (χ1v) is 10.2. The van der Waals surface area contributed by atoms with E-state index in [1.807, 2.05) is 13.0 Å². The molecular formula is C23H27FN4O2. The Morgan fingerprint density at radius 3 is 2.63 bits per heavy atom. The molecule has 2 aromatic rings. The van der Waals surface area contributed by atoms with Gasteiger partial charge in [-0.3, -0.25) is 4.79 Å². The molecule has 0 radical (unpaired) electrons. The van der Waals surface area contributed by atoms with Crippen molar-refractivity contribution in [1.29, 1.82) is 5.26 Å². The van der Waals surface area contributed by atoms with E-state index in [1.165, 1.54) is 6.07 Å². The molecule has 0 saturated heterocycles. The summed E-state index contributed by atoms with van der Waals surface area (Å²) in [5.41, 5.74) is 6.95. The van der Waals surface area contributed by atoms with Crippen LogP contribution < -0.4 is 16.0 Å². The summed E-state index contributed by atoms with van der Waals surface area (Å²) in [7, 11) is 0. The minimum Gasteiger partial charge on any atom is -0.440 e. The smallest absolute Gasteiger partial charge is 0.258 e. The van der Waals surface area contributed by atoms with E-state index in [9.17, 15) is 14.4 Å². The van der Waals surface area contributed by atoms with Gasteiger partial charge >= 0.3 is 0 Å². The van der Waals surface area contributed by atoms with E-state index in [-0.39, 0.29) is 33.9 Å². The Hall–Kier alpha value is -3.11. The topological polar surface area (TPSA) is 84.3 Å². The standard InChI is InChI=1S/C23H27FN4O2/c1-4-27(5-2)11-8-12-28-15(3)13-19-21(23(28)29)20(17(14-25)22(26)30-19)16-9-6-7-10-18(16)24/h6-7,9-10,13,20H,4-5,8,11-12,26H2,1-3H3/t20-/m0/s1. The minimum absolute atomic E-state index is 0.0447. The van der Waals surface area contributed by atoms with E-state index in [2.05, 4.69) is 18.7 Å². The number of hydrogen-bond donors (Lipinski definition) is 1. The second-order valence-electron chi connectivity index (χ2n) is 7.35. The summed E-state index contributed by atoms with van der Waals surface area (Å²) in [6.07, 6.45) is 0.801. The number of nitrogens with two attached hydrogens (primary N) is 1. The number of ether oxygens (including phenoxy) is 1. The number of nitrogens with zero attached hydrogens (tertiary/aromatic N) is 3. The molecule has 0 unspecified atom stereocenters. The van der Waals surface area contributed by atoms with Crippen LogP contribution in [0.4, 0.5) is 4.39 Å². The van der Waals surface area contributed by atoms with Crippen LogP contribution in [0.5, 0.6) is 5.75 Å². The Labute approximate surface area is 176 Å². The highest BCUT2D eigenvalue weighted by Gasteiger charge is 2.35. The summed E-state index contributed by atoms with van der Waals surface area (Å²) in [5.74, 6) is -1.22. The first-order valence-electron chi connectivity index (χ1n) is 10.2. The van der Waals surface area contributed by atoms with Crippen molar-refractivity contribution in [2.24, 2.45) is 5.73 Å². The number of fused-ring (bicyclic) bond motifs is 1. The molecule has 0 amide bonds. The minimum atomic E-state index is -0.901. The molecule has 6 nitrogen and oxygen atoms in total.